The van der Waals surface area contributed by atoms with Gasteiger partial charge in [-0.3, -0.25) is 9.88 Å². The third kappa shape index (κ3) is 7.31. The fourth-order valence-corrected chi connectivity index (χ4v) is 5.22. The number of anilines is 1. The molecule has 3 heterocycles. The molecule has 12 nitrogen and oxygen atoms in total. The van der Waals surface area contributed by atoms with Crippen LogP contribution in [0.4, 0.5) is 23.7 Å². The Kier molecular flexibility index (Phi) is 8.85. The van der Waals surface area contributed by atoms with Crippen LogP contribution >= 0.6 is 11.6 Å². The van der Waals surface area contributed by atoms with Gasteiger partial charge in [-0.1, -0.05) is 32.4 Å². The van der Waals surface area contributed by atoms with Gasteiger partial charge in [-0.15, -0.1) is 10.2 Å². The van der Waals surface area contributed by atoms with Gasteiger partial charge in [0.2, 0.25) is 0 Å². The molecule has 0 aliphatic rings. The van der Waals surface area contributed by atoms with Crippen molar-refractivity contribution in [2.24, 2.45) is 0 Å². The molecular formula is C26H30ClF3N8O4Si. The minimum Gasteiger partial charge on any atom is -0.465 e. The Morgan fingerprint density at radius 1 is 1.12 bits per heavy atom. The Morgan fingerprint density at radius 2 is 1.79 bits per heavy atom. The van der Waals surface area contributed by atoms with Crippen molar-refractivity contribution in [1.29, 1.82) is 0 Å². The Hall–Kier alpha value is -4.02. The zero-order valence-electron chi connectivity index (χ0n) is 23.9. The van der Waals surface area contributed by atoms with E-state index in [9.17, 15) is 22.8 Å². The van der Waals surface area contributed by atoms with Crippen LogP contribution in [0.2, 0.25) is 23.2 Å². The fourth-order valence-electron chi connectivity index (χ4n) is 3.83. The maximum atomic E-state index is 14.3. The molecule has 17 heteroatoms. The van der Waals surface area contributed by atoms with Crippen molar-refractivity contribution in [2.45, 2.75) is 64.3 Å². The number of nitrogens with one attached hydrogen (secondary N) is 1. The van der Waals surface area contributed by atoms with Crippen molar-refractivity contribution in [1.82, 2.24) is 34.1 Å². The highest BCUT2D eigenvalue weighted by Crippen LogP contribution is 2.40. The average Bonchev–Trinajstić information content (AvgIpc) is 3.48. The highest BCUT2D eigenvalue weighted by molar-refractivity contribution is 6.74. The number of pyridine rings is 1. The molecule has 4 rings (SSSR count). The fraction of sp³-hybridized carbons (Fsp3) is 0.385. The number of carbonyl (C=O) groups is 1. The van der Waals surface area contributed by atoms with Crippen molar-refractivity contribution in [3.05, 3.63) is 70.3 Å². The first kappa shape index (κ1) is 31.9. The van der Waals surface area contributed by atoms with Crippen LogP contribution in [0.25, 0.3) is 17.2 Å². The Balaban J connectivity index is 1.73. The van der Waals surface area contributed by atoms with E-state index in [1.54, 1.807) is 25.2 Å². The normalized spacial score (nSPS) is 13.2. The molecule has 0 saturated heterocycles. The molecule has 0 aliphatic carbocycles. The Labute approximate surface area is 250 Å². The maximum Gasteiger partial charge on any atom is 0.415 e. The number of rotatable bonds is 9. The van der Waals surface area contributed by atoms with Crippen molar-refractivity contribution in [3.8, 4) is 17.2 Å². The Morgan fingerprint density at radius 3 is 2.40 bits per heavy atom. The lowest BCUT2D eigenvalue weighted by Gasteiger charge is -2.39. The smallest absolute Gasteiger partial charge is 0.415 e. The van der Waals surface area contributed by atoms with Crippen LogP contribution in [-0.4, -0.2) is 65.9 Å². The summed E-state index contributed by atoms with van der Waals surface area (Å²) in [5, 5.41) is 19.8. The zero-order chi connectivity index (χ0) is 31.7. The van der Waals surface area contributed by atoms with E-state index in [1.807, 2.05) is 20.8 Å². The van der Waals surface area contributed by atoms with Gasteiger partial charge >= 0.3 is 18.0 Å². The van der Waals surface area contributed by atoms with Crippen LogP contribution in [0.1, 0.15) is 26.6 Å². The van der Waals surface area contributed by atoms with E-state index in [4.69, 9.17) is 21.1 Å². The number of aromatic nitrogens is 7. The van der Waals surface area contributed by atoms with E-state index in [0.29, 0.717) is 10.6 Å². The van der Waals surface area contributed by atoms with E-state index < -0.39 is 44.0 Å². The second-order valence-electron chi connectivity index (χ2n) is 11.2. The lowest BCUT2D eigenvalue weighted by molar-refractivity contribution is -0.202. The molecule has 0 saturated carbocycles. The summed E-state index contributed by atoms with van der Waals surface area (Å²) in [5.41, 5.74) is -0.330. The van der Waals surface area contributed by atoms with E-state index in [0.717, 1.165) is 9.25 Å². The standard InChI is InChI=1S/C26H30ClF3N8O4Si/c1-25(2,3)43(4,5)42-19(26(28,29)30)13-36-21(16-8-10-17(27)11-9-16)35-37(24(36)41)14-20-32-15-38(34-20)22-18(33-23(39)40)7-6-12-31-22/h6-12,15,19,33H,13-14H2,1-5H3,(H,39,40)/t19-/m0/s1. The molecular weight excluding hydrogens is 609 g/mol. The summed E-state index contributed by atoms with van der Waals surface area (Å²) in [6.07, 6.45) is -5.65. The predicted octanol–water partition coefficient (Wildman–Crippen LogP) is 5.43. The first-order valence-corrected chi connectivity index (χ1v) is 16.3. The van der Waals surface area contributed by atoms with E-state index in [-0.39, 0.29) is 29.7 Å². The van der Waals surface area contributed by atoms with Crippen LogP contribution in [0, 0.1) is 0 Å². The molecule has 4 aromatic rings. The van der Waals surface area contributed by atoms with Gasteiger partial charge in [0.1, 0.15) is 12.9 Å². The first-order chi connectivity index (χ1) is 20.0. The van der Waals surface area contributed by atoms with Crippen molar-refractivity contribution in [3.63, 3.8) is 0 Å². The van der Waals surface area contributed by atoms with Gasteiger partial charge in [0.05, 0.1) is 12.2 Å². The molecule has 0 radical (unpaired) electrons. The van der Waals surface area contributed by atoms with Gasteiger partial charge in [0.15, 0.2) is 31.9 Å². The molecule has 3 aromatic heterocycles. The number of carboxylic acid groups (broad SMARTS) is 1. The highest BCUT2D eigenvalue weighted by atomic mass is 35.5. The van der Waals surface area contributed by atoms with Crippen LogP contribution in [0.3, 0.4) is 0 Å². The number of nitrogens with zero attached hydrogens (tertiary/aromatic N) is 7. The van der Waals surface area contributed by atoms with Gasteiger partial charge in [-0.2, -0.15) is 13.2 Å². The molecule has 2 N–H and O–H groups in total. The van der Waals surface area contributed by atoms with E-state index in [1.165, 1.54) is 41.5 Å². The summed E-state index contributed by atoms with van der Waals surface area (Å²) in [5.74, 6) is 0.178. The summed E-state index contributed by atoms with van der Waals surface area (Å²) < 4.78 is 51.9. The second kappa shape index (κ2) is 11.9. The molecule has 230 valence electrons. The summed E-state index contributed by atoms with van der Waals surface area (Å²) in [6.45, 7) is 7.77. The summed E-state index contributed by atoms with van der Waals surface area (Å²) >= 11 is 6.01. The Bertz CT molecular complexity index is 1660. The van der Waals surface area contributed by atoms with Crippen molar-refractivity contribution < 1.29 is 27.5 Å². The van der Waals surface area contributed by atoms with Crippen molar-refractivity contribution in [2.75, 3.05) is 5.32 Å². The minimum absolute atomic E-state index is 0.0214. The van der Waals surface area contributed by atoms with Crippen LogP contribution in [0.5, 0.6) is 0 Å². The lowest BCUT2D eigenvalue weighted by atomic mass is 10.2. The number of halogens is 4. The maximum absolute atomic E-state index is 14.3. The van der Waals surface area contributed by atoms with Crippen LogP contribution in [-0.2, 0) is 17.5 Å². The average molecular weight is 639 g/mol. The molecule has 0 fully saturated rings. The largest absolute Gasteiger partial charge is 0.465 e. The molecule has 1 atom stereocenters. The molecule has 0 aliphatic heterocycles. The van der Waals surface area contributed by atoms with Gasteiger partial charge in [-0.05, 0) is 54.5 Å². The number of hydrogen-bond donors (Lipinski definition) is 2. The number of benzene rings is 1. The van der Waals surface area contributed by atoms with Gasteiger partial charge in [-0.25, -0.2) is 28.9 Å². The predicted molar refractivity (Wildman–Crippen MR) is 155 cm³/mol. The second-order valence-corrected chi connectivity index (χ2v) is 16.4. The molecule has 0 bridgehead atoms. The highest BCUT2D eigenvalue weighted by Gasteiger charge is 2.48. The molecule has 0 unspecified atom stereocenters. The van der Waals surface area contributed by atoms with Crippen LogP contribution in [0.15, 0.2) is 53.7 Å². The quantitative estimate of drug-likeness (QED) is 0.231. The summed E-state index contributed by atoms with van der Waals surface area (Å²) in [4.78, 5) is 33.0. The SMILES string of the molecule is CC(C)(C)[Si](C)(C)O[C@@H](Cn1c(-c2ccc(Cl)cc2)nn(Cc2ncn(-c3ncccc3NC(=O)O)n2)c1=O)C(F)(F)F. The van der Waals surface area contributed by atoms with E-state index in [2.05, 4.69) is 25.5 Å². The molecule has 43 heavy (non-hydrogen) atoms. The molecule has 1 aromatic carbocycles. The number of amides is 1. The third-order valence-electron chi connectivity index (χ3n) is 7.06. The first-order valence-electron chi connectivity index (χ1n) is 13.0. The summed E-state index contributed by atoms with van der Waals surface area (Å²) in [7, 11) is -2.90. The van der Waals surface area contributed by atoms with Crippen molar-refractivity contribution >= 4 is 31.7 Å². The summed E-state index contributed by atoms with van der Waals surface area (Å²) in [6, 6.07) is 9.18. The molecule has 1 amide bonds. The topological polar surface area (TPSA) is 142 Å². The van der Waals surface area contributed by atoms with E-state index >= 15 is 0 Å². The number of alkyl halides is 3. The third-order valence-corrected chi connectivity index (χ3v) is 11.8. The number of hydrogen-bond acceptors (Lipinski definition) is 7. The lowest BCUT2D eigenvalue weighted by Crippen LogP contribution is -2.50. The molecule has 0 spiro atoms. The van der Waals surface area contributed by atoms with Gasteiger partial charge in [0, 0.05) is 16.8 Å². The van der Waals surface area contributed by atoms with Gasteiger partial charge < -0.3 is 9.53 Å². The van der Waals surface area contributed by atoms with Crippen LogP contribution < -0.4 is 11.0 Å². The zero-order valence-corrected chi connectivity index (χ0v) is 25.7. The minimum atomic E-state index is -4.76. The van der Waals surface area contributed by atoms with Gasteiger partial charge in [0.25, 0.3) is 0 Å². The monoisotopic (exact) mass is 638 g/mol.